The van der Waals surface area contributed by atoms with Crippen LogP contribution in [0.5, 0.6) is 0 Å². The van der Waals surface area contributed by atoms with Gasteiger partial charge in [-0.1, -0.05) is 0 Å². The fraction of sp³-hybridized carbons (Fsp3) is 0.778. The first-order valence-corrected chi connectivity index (χ1v) is 5.86. The molecule has 0 saturated heterocycles. The van der Waals surface area contributed by atoms with E-state index < -0.39 is 0 Å². The molecule has 0 spiro atoms. The molecule has 2 rings (SSSR count). The fourth-order valence-electron chi connectivity index (χ4n) is 1.25. The summed E-state index contributed by atoms with van der Waals surface area (Å²) in [5.41, 5.74) is 0. The highest BCUT2D eigenvalue weighted by molar-refractivity contribution is 7.09. The van der Waals surface area contributed by atoms with Crippen LogP contribution in [0.2, 0.25) is 0 Å². The second-order valence-corrected chi connectivity index (χ2v) is 4.34. The minimum Gasteiger partial charge on any atom is -0.396 e. The van der Waals surface area contributed by atoms with Crippen molar-refractivity contribution in [1.29, 1.82) is 0 Å². The van der Waals surface area contributed by atoms with Gasteiger partial charge in [0.1, 0.15) is 5.82 Å². The van der Waals surface area contributed by atoms with Crippen LogP contribution in [-0.2, 0) is 0 Å². The lowest BCUT2D eigenvalue weighted by Gasteiger charge is -1.99. The Labute approximate surface area is 87.5 Å². The number of nitrogens with one attached hydrogen (secondary N) is 1. The maximum Gasteiger partial charge on any atom is 0.202 e. The van der Waals surface area contributed by atoms with Crippen LogP contribution < -0.4 is 5.32 Å². The van der Waals surface area contributed by atoms with E-state index in [0.29, 0.717) is 5.92 Å². The van der Waals surface area contributed by atoms with Gasteiger partial charge in [0.05, 0.1) is 0 Å². The minimum atomic E-state index is 0.269. The summed E-state index contributed by atoms with van der Waals surface area (Å²) in [6.07, 6.45) is 4.33. The number of unbranched alkanes of at least 4 members (excludes halogenated alkanes) is 1. The lowest BCUT2D eigenvalue weighted by molar-refractivity contribution is 0.286. The van der Waals surface area contributed by atoms with E-state index in [4.69, 9.17) is 5.11 Å². The Morgan fingerprint density at radius 3 is 3.00 bits per heavy atom. The molecule has 5 heteroatoms. The van der Waals surface area contributed by atoms with Crippen LogP contribution in [0.15, 0.2) is 0 Å². The maximum atomic E-state index is 8.60. The van der Waals surface area contributed by atoms with Crippen molar-refractivity contribution in [2.24, 2.45) is 0 Å². The summed E-state index contributed by atoms with van der Waals surface area (Å²) < 4.78 is 4.30. The Morgan fingerprint density at radius 1 is 1.43 bits per heavy atom. The van der Waals surface area contributed by atoms with Crippen molar-refractivity contribution in [3.05, 3.63) is 5.82 Å². The number of hydrogen-bond donors (Lipinski definition) is 2. The number of aliphatic hydroxyl groups excluding tert-OH is 1. The second-order valence-electron chi connectivity index (χ2n) is 3.59. The third-order valence-corrected chi connectivity index (χ3v) is 2.93. The quantitative estimate of drug-likeness (QED) is 0.705. The summed E-state index contributed by atoms with van der Waals surface area (Å²) in [6.45, 7) is 1.14. The van der Waals surface area contributed by atoms with Crippen LogP contribution in [0.1, 0.15) is 37.4 Å². The first-order valence-electron chi connectivity index (χ1n) is 5.08. The lowest BCUT2D eigenvalue weighted by Crippen LogP contribution is -2.01. The summed E-state index contributed by atoms with van der Waals surface area (Å²) in [7, 11) is 0. The van der Waals surface area contributed by atoms with Gasteiger partial charge in [-0.3, -0.25) is 0 Å². The van der Waals surface area contributed by atoms with Crippen molar-refractivity contribution in [2.45, 2.75) is 31.6 Å². The van der Waals surface area contributed by atoms with Crippen LogP contribution in [0.4, 0.5) is 5.13 Å². The SMILES string of the molecule is OCCCCNc1nc(C2CC2)ns1. The van der Waals surface area contributed by atoms with Crippen molar-refractivity contribution in [1.82, 2.24) is 9.36 Å². The number of nitrogens with zero attached hydrogens (tertiary/aromatic N) is 2. The Bertz CT molecular complexity index is 285. The highest BCUT2D eigenvalue weighted by atomic mass is 32.1. The van der Waals surface area contributed by atoms with Gasteiger partial charge < -0.3 is 10.4 Å². The topological polar surface area (TPSA) is 58.0 Å². The molecular formula is C9H15N3OS. The van der Waals surface area contributed by atoms with Gasteiger partial charge in [-0.15, -0.1) is 0 Å². The van der Waals surface area contributed by atoms with Crippen molar-refractivity contribution >= 4 is 16.7 Å². The van der Waals surface area contributed by atoms with E-state index in [1.807, 2.05) is 0 Å². The molecule has 1 aromatic rings. The predicted molar refractivity (Wildman–Crippen MR) is 56.7 cm³/mol. The molecule has 14 heavy (non-hydrogen) atoms. The van der Waals surface area contributed by atoms with Gasteiger partial charge in [-0.2, -0.15) is 4.37 Å². The molecule has 0 bridgehead atoms. The molecule has 0 unspecified atom stereocenters. The molecule has 0 amide bonds. The fourth-order valence-corrected chi connectivity index (χ4v) is 1.92. The van der Waals surface area contributed by atoms with Crippen molar-refractivity contribution < 1.29 is 5.11 Å². The summed E-state index contributed by atoms with van der Waals surface area (Å²) in [6, 6.07) is 0. The van der Waals surface area contributed by atoms with E-state index >= 15 is 0 Å². The number of aliphatic hydroxyl groups is 1. The zero-order valence-corrected chi connectivity index (χ0v) is 8.89. The van der Waals surface area contributed by atoms with Crippen molar-refractivity contribution in [3.63, 3.8) is 0 Å². The molecule has 1 aromatic heterocycles. The van der Waals surface area contributed by atoms with E-state index in [9.17, 15) is 0 Å². The van der Waals surface area contributed by atoms with Crippen LogP contribution in [-0.4, -0.2) is 27.6 Å². The normalized spacial score (nSPS) is 15.8. The van der Waals surface area contributed by atoms with Gasteiger partial charge >= 0.3 is 0 Å². The van der Waals surface area contributed by atoms with Crippen LogP contribution >= 0.6 is 11.5 Å². The third-order valence-electron chi connectivity index (χ3n) is 2.25. The number of aromatic nitrogens is 2. The zero-order chi connectivity index (χ0) is 9.80. The highest BCUT2D eigenvalue weighted by Crippen LogP contribution is 2.39. The molecular weight excluding hydrogens is 198 g/mol. The van der Waals surface area contributed by atoms with E-state index in [1.54, 1.807) is 0 Å². The minimum absolute atomic E-state index is 0.269. The largest absolute Gasteiger partial charge is 0.396 e. The molecule has 78 valence electrons. The van der Waals surface area contributed by atoms with E-state index in [0.717, 1.165) is 30.3 Å². The predicted octanol–water partition coefficient (Wildman–Crippen LogP) is 1.60. The molecule has 1 saturated carbocycles. The summed E-state index contributed by atoms with van der Waals surface area (Å²) in [4.78, 5) is 4.40. The number of hydrogen-bond acceptors (Lipinski definition) is 5. The molecule has 2 N–H and O–H groups in total. The van der Waals surface area contributed by atoms with E-state index in [1.165, 1.54) is 24.4 Å². The Morgan fingerprint density at radius 2 is 2.29 bits per heavy atom. The molecule has 1 heterocycles. The van der Waals surface area contributed by atoms with Gasteiger partial charge in [0.2, 0.25) is 5.13 Å². The van der Waals surface area contributed by atoms with Crippen LogP contribution in [0, 0.1) is 0 Å². The highest BCUT2D eigenvalue weighted by Gasteiger charge is 2.27. The second kappa shape index (κ2) is 4.70. The molecule has 0 radical (unpaired) electrons. The smallest absolute Gasteiger partial charge is 0.202 e. The molecule has 0 aromatic carbocycles. The van der Waals surface area contributed by atoms with Gasteiger partial charge in [0, 0.05) is 30.6 Å². The van der Waals surface area contributed by atoms with E-state index in [2.05, 4.69) is 14.7 Å². The van der Waals surface area contributed by atoms with Crippen molar-refractivity contribution in [2.75, 3.05) is 18.5 Å². The average molecular weight is 213 g/mol. The molecule has 1 aliphatic rings. The first kappa shape index (κ1) is 9.86. The van der Waals surface area contributed by atoms with Crippen LogP contribution in [0.3, 0.4) is 0 Å². The zero-order valence-electron chi connectivity index (χ0n) is 8.07. The lowest BCUT2D eigenvalue weighted by atomic mass is 10.3. The first-order chi connectivity index (χ1) is 6.90. The molecule has 0 atom stereocenters. The number of rotatable bonds is 6. The summed E-state index contributed by atoms with van der Waals surface area (Å²) in [5, 5.41) is 12.7. The Hall–Kier alpha value is -0.680. The van der Waals surface area contributed by atoms with Gasteiger partial charge in [-0.05, 0) is 25.7 Å². The van der Waals surface area contributed by atoms with Gasteiger partial charge in [0.15, 0.2) is 0 Å². The summed E-state index contributed by atoms with van der Waals surface area (Å²) >= 11 is 1.44. The van der Waals surface area contributed by atoms with Crippen LogP contribution in [0.25, 0.3) is 0 Å². The van der Waals surface area contributed by atoms with E-state index in [-0.39, 0.29) is 6.61 Å². The molecule has 1 fully saturated rings. The standard InChI is InChI=1S/C9H15N3OS/c13-6-2-1-5-10-9-11-8(12-14-9)7-3-4-7/h7,13H,1-6H2,(H,10,11,12). The van der Waals surface area contributed by atoms with Gasteiger partial charge in [-0.25, -0.2) is 4.98 Å². The Balaban J connectivity index is 1.72. The third kappa shape index (κ3) is 2.65. The number of anilines is 1. The monoisotopic (exact) mass is 213 g/mol. The molecule has 0 aliphatic heterocycles. The van der Waals surface area contributed by atoms with Gasteiger partial charge in [0.25, 0.3) is 0 Å². The average Bonchev–Trinajstić information content (AvgIpc) is 2.94. The molecule has 1 aliphatic carbocycles. The summed E-state index contributed by atoms with van der Waals surface area (Å²) in [5.74, 6) is 1.65. The van der Waals surface area contributed by atoms with Crippen molar-refractivity contribution in [3.8, 4) is 0 Å². The molecule has 4 nitrogen and oxygen atoms in total. The maximum absolute atomic E-state index is 8.60. The Kier molecular flexibility index (Phi) is 3.31.